The van der Waals surface area contributed by atoms with Crippen molar-refractivity contribution in [3.05, 3.63) is 16.6 Å². The SMILES string of the molecule is Nc1cc(O)c(Br)c(OC(F)(F)F)c1. The third-order valence-corrected chi connectivity index (χ3v) is 2.07. The van der Waals surface area contributed by atoms with Gasteiger partial charge < -0.3 is 15.6 Å². The average Bonchev–Trinajstić information content (AvgIpc) is 1.96. The van der Waals surface area contributed by atoms with Gasteiger partial charge in [0.1, 0.15) is 16.0 Å². The van der Waals surface area contributed by atoms with E-state index in [9.17, 15) is 13.2 Å². The van der Waals surface area contributed by atoms with Crippen LogP contribution in [0, 0.1) is 0 Å². The molecule has 0 fully saturated rings. The highest BCUT2D eigenvalue weighted by Crippen LogP contribution is 2.38. The van der Waals surface area contributed by atoms with Gasteiger partial charge in [0.15, 0.2) is 0 Å². The van der Waals surface area contributed by atoms with Crippen LogP contribution in [-0.2, 0) is 0 Å². The number of phenols is 1. The number of nitrogen functional groups attached to an aromatic ring is 1. The topological polar surface area (TPSA) is 55.5 Å². The van der Waals surface area contributed by atoms with Crippen molar-refractivity contribution in [2.45, 2.75) is 6.36 Å². The van der Waals surface area contributed by atoms with Crippen molar-refractivity contribution in [2.75, 3.05) is 5.73 Å². The molecule has 1 aromatic carbocycles. The zero-order valence-corrected chi connectivity index (χ0v) is 8.19. The second-order valence-corrected chi connectivity index (χ2v) is 3.19. The molecule has 0 bridgehead atoms. The number of alkyl halides is 3. The van der Waals surface area contributed by atoms with Crippen molar-refractivity contribution in [2.24, 2.45) is 0 Å². The summed E-state index contributed by atoms with van der Waals surface area (Å²) < 4.78 is 38.9. The van der Waals surface area contributed by atoms with Gasteiger partial charge in [0.2, 0.25) is 0 Å². The Labute approximate surface area is 85.4 Å². The lowest BCUT2D eigenvalue weighted by Gasteiger charge is -2.11. The lowest BCUT2D eigenvalue weighted by atomic mass is 10.3. The largest absolute Gasteiger partial charge is 0.573 e. The molecule has 3 N–H and O–H groups in total. The zero-order valence-electron chi connectivity index (χ0n) is 6.60. The van der Waals surface area contributed by atoms with Crippen molar-refractivity contribution in [1.82, 2.24) is 0 Å². The second kappa shape index (κ2) is 3.56. The van der Waals surface area contributed by atoms with Crippen molar-refractivity contribution >= 4 is 21.6 Å². The van der Waals surface area contributed by atoms with Crippen LogP contribution in [0.5, 0.6) is 11.5 Å². The minimum absolute atomic E-state index is 0.0232. The summed E-state index contributed by atoms with van der Waals surface area (Å²) in [6.45, 7) is 0. The summed E-state index contributed by atoms with van der Waals surface area (Å²) in [7, 11) is 0. The Kier molecular flexibility index (Phi) is 2.79. The molecular formula is C7H5BrF3NO2. The Morgan fingerprint density at radius 3 is 2.43 bits per heavy atom. The minimum Gasteiger partial charge on any atom is -0.507 e. The molecule has 14 heavy (non-hydrogen) atoms. The molecule has 0 heterocycles. The minimum atomic E-state index is -4.82. The Morgan fingerprint density at radius 2 is 1.93 bits per heavy atom. The number of hydrogen-bond donors (Lipinski definition) is 2. The smallest absolute Gasteiger partial charge is 0.507 e. The normalized spacial score (nSPS) is 11.4. The number of aromatic hydroxyl groups is 1. The summed E-state index contributed by atoms with van der Waals surface area (Å²) in [5.74, 6) is -0.987. The van der Waals surface area contributed by atoms with Crippen LogP contribution < -0.4 is 10.5 Å². The van der Waals surface area contributed by atoms with Crippen molar-refractivity contribution in [3.8, 4) is 11.5 Å². The third-order valence-electron chi connectivity index (χ3n) is 1.27. The predicted octanol–water partition coefficient (Wildman–Crippen LogP) is 2.64. The van der Waals surface area contributed by atoms with E-state index < -0.39 is 17.9 Å². The maximum Gasteiger partial charge on any atom is 0.573 e. The predicted molar refractivity (Wildman–Crippen MR) is 46.9 cm³/mol. The fourth-order valence-electron chi connectivity index (χ4n) is 0.803. The van der Waals surface area contributed by atoms with Gasteiger partial charge in [-0.05, 0) is 15.9 Å². The number of hydrogen-bond acceptors (Lipinski definition) is 3. The highest BCUT2D eigenvalue weighted by atomic mass is 79.9. The van der Waals surface area contributed by atoms with E-state index in [1.807, 2.05) is 0 Å². The zero-order chi connectivity index (χ0) is 10.9. The Hall–Kier alpha value is -1.11. The van der Waals surface area contributed by atoms with E-state index in [1.54, 1.807) is 0 Å². The van der Waals surface area contributed by atoms with Crippen molar-refractivity contribution < 1.29 is 23.0 Å². The average molecular weight is 272 g/mol. The van der Waals surface area contributed by atoms with Crippen molar-refractivity contribution in [3.63, 3.8) is 0 Å². The molecule has 1 aromatic rings. The van der Waals surface area contributed by atoms with Crippen LogP contribution in [0.1, 0.15) is 0 Å². The van der Waals surface area contributed by atoms with E-state index in [0.717, 1.165) is 12.1 Å². The number of phenolic OH excluding ortho intramolecular Hbond substituents is 1. The van der Waals surface area contributed by atoms with E-state index in [-0.39, 0.29) is 10.2 Å². The summed E-state index contributed by atoms with van der Waals surface area (Å²) in [5.41, 5.74) is 5.20. The molecule has 0 aliphatic heterocycles. The summed E-state index contributed by atoms with van der Waals surface area (Å²) in [6, 6.07) is 2.06. The van der Waals surface area contributed by atoms with Crippen LogP contribution in [0.15, 0.2) is 16.6 Å². The number of anilines is 1. The standard InChI is InChI=1S/C7H5BrF3NO2/c8-6-4(13)1-3(12)2-5(6)14-7(9,10)11/h1-2,13H,12H2. The molecule has 0 unspecified atom stereocenters. The van der Waals surface area contributed by atoms with Crippen LogP contribution in [0.25, 0.3) is 0 Å². The van der Waals surface area contributed by atoms with E-state index in [1.165, 1.54) is 0 Å². The van der Waals surface area contributed by atoms with Crippen LogP contribution in [0.4, 0.5) is 18.9 Å². The van der Waals surface area contributed by atoms with Gasteiger partial charge in [-0.15, -0.1) is 13.2 Å². The molecule has 0 aliphatic rings. The lowest BCUT2D eigenvalue weighted by molar-refractivity contribution is -0.274. The monoisotopic (exact) mass is 271 g/mol. The molecule has 1 rings (SSSR count). The van der Waals surface area contributed by atoms with E-state index >= 15 is 0 Å². The third kappa shape index (κ3) is 2.69. The van der Waals surface area contributed by atoms with Crippen LogP contribution in [0.2, 0.25) is 0 Å². The van der Waals surface area contributed by atoms with Crippen LogP contribution in [0.3, 0.4) is 0 Å². The first-order valence-electron chi connectivity index (χ1n) is 3.33. The maximum atomic E-state index is 11.8. The van der Waals surface area contributed by atoms with E-state index in [4.69, 9.17) is 10.8 Å². The first kappa shape index (κ1) is 11.0. The number of ether oxygens (including phenoxy) is 1. The molecule has 0 aromatic heterocycles. The van der Waals surface area contributed by atoms with Gasteiger partial charge in [0.25, 0.3) is 0 Å². The number of halogens is 4. The fourth-order valence-corrected chi connectivity index (χ4v) is 1.11. The summed E-state index contributed by atoms with van der Waals surface area (Å²) in [5, 5.41) is 9.10. The van der Waals surface area contributed by atoms with Gasteiger partial charge in [-0.25, -0.2) is 0 Å². The molecule has 7 heteroatoms. The summed E-state index contributed by atoms with van der Waals surface area (Å²) in [6.07, 6.45) is -4.82. The van der Waals surface area contributed by atoms with Gasteiger partial charge in [-0.3, -0.25) is 0 Å². The highest BCUT2D eigenvalue weighted by Gasteiger charge is 2.32. The quantitative estimate of drug-likeness (QED) is 0.772. The highest BCUT2D eigenvalue weighted by molar-refractivity contribution is 9.10. The Bertz CT molecular complexity index is 354. The molecule has 0 saturated heterocycles. The molecule has 0 spiro atoms. The Morgan fingerprint density at radius 1 is 1.36 bits per heavy atom. The fraction of sp³-hybridized carbons (Fsp3) is 0.143. The molecule has 0 aliphatic carbocycles. The van der Waals surface area contributed by atoms with Gasteiger partial charge >= 0.3 is 6.36 Å². The van der Waals surface area contributed by atoms with Crippen LogP contribution in [-0.4, -0.2) is 11.5 Å². The number of benzene rings is 1. The molecule has 0 radical (unpaired) electrons. The molecule has 78 valence electrons. The van der Waals surface area contributed by atoms with E-state index in [0.29, 0.717) is 0 Å². The molecule has 0 amide bonds. The first-order valence-corrected chi connectivity index (χ1v) is 4.12. The molecule has 3 nitrogen and oxygen atoms in total. The van der Waals surface area contributed by atoms with E-state index in [2.05, 4.69) is 20.7 Å². The maximum absolute atomic E-state index is 11.8. The molecule has 0 atom stereocenters. The van der Waals surface area contributed by atoms with Gasteiger partial charge in [-0.2, -0.15) is 0 Å². The van der Waals surface area contributed by atoms with Gasteiger partial charge in [-0.1, -0.05) is 0 Å². The number of rotatable bonds is 1. The molecule has 0 saturated carbocycles. The number of nitrogens with two attached hydrogens (primary N) is 1. The Balaban J connectivity index is 3.09. The lowest BCUT2D eigenvalue weighted by Crippen LogP contribution is -2.17. The first-order chi connectivity index (χ1) is 6.29. The summed E-state index contributed by atoms with van der Waals surface area (Å²) >= 11 is 2.74. The second-order valence-electron chi connectivity index (χ2n) is 2.40. The van der Waals surface area contributed by atoms with Gasteiger partial charge in [0.05, 0.1) is 0 Å². The molecular weight excluding hydrogens is 267 g/mol. The van der Waals surface area contributed by atoms with Crippen LogP contribution >= 0.6 is 15.9 Å². The van der Waals surface area contributed by atoms with Gasteiger partial charge in [0, 0.05) is 17.8 Å². The summed E-state index contributed by atoms with van der Waals surface area (Å²) in [4.78, 5) is 0. The van der Waals surface area contributed by atoms with Crippen molar-refractivity contribution in [1.29, 1.82) is 0 Å².